The van der Waals surface area contributed by atoms with E-state index in [0.717, 1.165) is 102 Å². The van der Waals surface area contributed by atoms with Crippen LogP contribution >= 0.6 is 0 Å². The van der Waals surface area contributed by atoms with E-state index in [1.54, 1.807) is 11.8 Å². The van der Waals surface area contributed by atoms with E-state index in [0.29, 0.717) is 51.6 Å². The van der Waals surface area contributed by atoms with Gasteiger partial charge in [-0.05, 0) is 147 Å². The molecule has 1 aliphatic heterocycles. The first-order valence-corrected chi connectivity index (χ1v) is 33.2. The van der Waals surface area contributed by atoms with Gasteiger partial charge < -0.3 is 23.8 Å². The lowest BCUT2D eigenvalue weighted by Crippen LogP contribution is -2.56. The van der Waals surface area contributed by atoms with Crippen LogP contribution in [0.25, 0.3) is 0 Å². The standard InChI is InChI=1S/C73H112N2O9/c1-5-8-11-14-17-19-21-23-25-27-29-31-33-35-37-39-45-54-69(76)82-60-65(61-83-70(77)55-46-40-38-36-34-32-30-28-26-24-22-20-18-15-12-9-6-2)84-73(80)68-59-64-52-47-48-53-67(64)75(68)71(78)62(4)74-66(57-56-63-50-43-42-44-51-63)72(79)81-58-49-41-16-13-10-7-3/h17-20,23-26,29-32,35-38,42-44,50-51,62,64-68,74H,5-16,21-22,27-28,33-34,39-41,45-49,52-61H2,1-4H3/b19-17-,20-18-,25-23-,26-24-,31-29-,32-30-,37-35-,38-36-/t62-,64+,66-,67-,68?/m0/s1. The van der Waals surface area contributed by atoms with Gasteiger partial charge in [0.2, 0.25) is 5.91 Å². The molecule has 1 N–H and O–H groups in total. The molecule has 1 aliphatic carbocycles. The van der Waals surface area contributed by atoms with Gasteiger partial charge in [0.1, 0.15) is 25.3 Å². The highest BCUT2D eigenvalue weighted by molar-refractivity contribution is 5.89. The van der Waals surface area contributed by atoms with E-state index >= 15 is 0 Å². The van der Waals surface area contributed by atoms with Gasteiger partial charge in [-0.15, -0.1) is 0 Å². The number of amides is 1. The maximum absolute atomic E-state index is 14.8. The fourth-order valence-corrected chi connectivity index (χ4v) is 10.7. The van der Waals surface area contributed by atoms with Crippen LogP contribution < -0.4 is 5.32 Å². The molecule has 0 bridgehead atoms. The van der Waals surface area contributed by atoms with E-state index in [2.05, 4.69) is 123 Å². The topological polar surface area (TPSA) is 138 Å². The number of ether oxygens (including phenoxy) is 4. The lowest BCUT2D eigenvalue weighted by molar-refractivity contribution is -0.171. The summed E-state index contributed by atoms with van der Waals surface area (Å²) < 4.78 is 23.4. The smallest absolute Gasteiger partial charge is 0.329 e. The van der Waals surface area contributed by atoms with Crippen molar-refractivity contribution in [3.05, 3.63) is 133 Å². The van der Waals surface area contributed by atoms with Gasteiger partial charge in [-0.1, -0.05) is 219 Å². The van der Waals surface area contributed by atoms with Gasteiger partial charge >= 0.3 is 23.9 Å². The molecule has 84 heavy (non-hydrogen) atoms. The molecule has 1 saturated heterocycles. The number of esters is 4. The van der Waals surface area contributed by atoms with Crippen LogP contribution in [0, 0.1) is 5.92 Å². The van der Waals surface area contributed by atoms with Crippen molar-refractivity contribution in [2.24, 2.45) is 5.92 Å². The van der Waals surface area contributed by atoms with Crippen LogP contribution in [0.1, 0.15) is 239 Å². The summed E-state index contributed by atoms with van der Waals surface area (Å²) in [5, 5.41) is 3.34. The molecule has 1 saturated carbocycles. The molecular weight excluding hydrogens is 1050 g/mol. The number of carbonyl (C=O) groups is 5. The average Bonchev–Trinajstić information content (AvgIpc) is 2.73. The fourth-order valence-electron chi connectivity index (χ4n) is 10.7. The van der Waals surface area contributed by atoms with Gasteiger partial charge in [-0.2, -0.15) is 0 Å². The second-order valence-electron chi connectivity index (χ2n) is 22.9. The maximum atomic E-state index is 14.8. The first kappa shape index (κ1) is 72.7. The molecule has 3 rings (SSSR count). The van der Waals surface area contributed by atoms with Crippen molar-refractivity contribution in [3.63, 3.8) is 0 Å². The normalized spacial score (nSPS) is 17.3. The van der Waals surface area contributed by atoms with Crippen LogP contribution in [0.3, 0.4) is 0 Å². The van der Waals surface area contributed by atoms with Crippen LogP contribution in [0.5, 0.6) is 0 Å². The van der Waals surface area contributed by atoms with Crippen molar-refractivity contribution >= 4 is 29.8 Å². The summed E-state index contributed by atoms with van der Waals surface area (Å²) in [7, 11) is 0. The molecule has 5 atom stereocenters. The molecular formula is C73H112N2O9. The highest BCUT2D eigenvalue weighted by atomic mass is 16.6. The van der Waals surface area contributed by atoms with Crippen molar-refractivity contribution in [3.8, 4) is 0 Å². The van der Waals surface area contributed by atoms with E-state index in [4.69, 9.17) is 18.9 Å². The van der Waals surface area contributed by atoms with Crippen molar-refractivity contribution in [1.82, 2.24) is 10.2 Å². The van der Waals surface area contributed by atoms with E-state index in [-0.39, 0.29) is 49.9 Å². The monoisotopic (exact) mass is 1160 g/mol. The number of allylic oxidation sites excluding steroid dienone is 16. The average molecular weight is 1160 g/mol. The number of aryl methyl sites for hydroxylation is 1. The van der Waals surface area contributed by atoms with E-state index < -0.39 is 42.1 Å². The Morgan fingerprint density at radius 2 is 1.00 bits per heavy atom. The fraction of sp³-hybridized carbons (Fsp3) is 0.630. The summed E-state index contributed by atoms with van der Waals surface area (Å²) >= 11 is 0. The number of nitrogens with zero attached hydrogens (tertiary/aromatic N) is 1. The summed E-state index contributed by atoms with van der Waals surface area (Å²) in [5.41, 5.74) is 1.08. The molecule has 0 aromatic heterocycles. The zero-order valence-electron chi connectivity index (χ0n) is 52.7. The Labute approximate surface area is 509 Å². The number of hydrogen-bond acceptors (Lipinski definition) is 10. The number of fused-ring (bicyclic) bond motifs is 1. The molecule has 1 unspecified atom stereocenters. The molecule has 1 heterocycles. The molecule has 0 spiro atoms. The summed E-state index contributed by atoms with van der Waals surface area (Å²) in [5.74, 6) is -2.06. The molecule has 2 aliphatic rings. The predicted octanol–water partition coefficient (Wildman–Crippen LogP) is 17.3. The predicted molar refractivity (Wildman–Crippen MR) is 345 cm³/mol. The molecule has 468 valence electrons. The number of unbranched alkanes of at least 4 members (excludes halogenated alkanes) is 13. The molecule has 11 heteroatoms. The van der Waals surface area contributed by atoms with E-state index in [1.807, 2.05) is 30.3 Å². The minimum atomic E-state index is -1.08. The first-order chi connectivity index (χ1) is 41.2. The highest BCUT2D eigenvalue weighted by Gasteiger charge is 2.49. The first-order valence-electron chi connectivity index (χ1n) is 33.2. The number of rotatable bonds is 48. The van der Waals surface area contributed by atoms with Crippen LogP contribution in [-0.4, -0.2) is 84.8 Å². The molecule has 0 radical (unpaired) electrons. The van der Waals surface area contributed by atoms with Gasteiger partial charge in [-0.25, -0.2) is 4.79 Å². The summed E-state index contributed by atoms with van der Waals surface area (Å²) in [6.07, 6.45) is 63.3. The molecule has 2 fully saturated rings. The third-order valence-electron chi connectivity index (χ3n) is 15.6. The SMILES string of the molecule is CCCCC/C=C\C/C=C\C/C=C\C/C=C\CCCC(=O)OCC(COC(=O)CCC/C=C\C/C=C\C/C=C\C/C=C\CCCCC)OC(=O)C1C[C@H]2CCCC[C@@H]2N1C(=O)[C@H](C)N[C@@H](CCc1ccccc1)C(=O)OCCCCCCCC. The van der Waals surface area contributed by atoms with Gasteiger partial charge in [0.05, 0.1) is 12.6 Å². The minimum absolute atomic E-state index is 0.104. The molecule has 1 aromatic rings. The Morgan fingerprint density at radius 3 is 1.51 bits per heavy atom. The van der Waals surface area contributed by atoms with Crippen LogP contribution in [0.15, 0.2) is 128 Å². The number of benzene rings is 1. The molecule has 11 nitrogen and oxygen atoms in total. The lowest BCUT2D eigenvalue weighted by atomic mass is 9.84. The Bertz CT molecular complexity index is 2080. The van der Waals surface area contributed by atoms with Crippen molar-refractivity contribution in [2.45, 2.75) is 270 Å². The zero-order valence-corrected chi connectivity index (χ0v) is 52.7. The highest BCUT2D eigenvalue weighted by Crippen LogP contribution is 2.40. The van der Waals surface area contributed by atoms with Crippen LogP contribution in [0.2, 0.25) is 0 Å². The Kier molecular flexibility index (Phi) is 43.0. The minimum Gasteiger partial charge on any atom is -0.465 e. The third kappa shape index (κ3) is 35.0. The molecule has 1 amide bonds. The number of carbonyl (C=O) groups excluding carboxylic acids is 5. The quantitative estimate of drug-likeness (QED) is 0.0290. The van der Waals surface area contributed by atoms with Crippen molar-refractivity contribution in [1.29, 1.82) is 0 Å². The largest absolute Gasteiger partial charge is 0.465 e. The van der Waals surface area contributed by atoms with Crippen LogP contribution in [0.4, 0.5) is 0 Å². The van der Waals surface area contributed by atoms with Crippen molar-refractivity contribution in [2.75, 3.05) is 19.8 Å². The third-order valence-corrected chi connectivity index (χ3v) is 15.6. The Morgan fingerprint density at radius 1 is 0.548 bits per heavy atom. The van der Waals surface area contributed by atoms with Crippen molar-refractivity contribution < 1.29 is 42.9 Å². The van der Waals surface area contributed by atoms with Gasteiger partial charge in [0, 0.05) is 18.9 Å². The number of likely N-dealkylation sites (tertiary alicyclic amines) is 1. The second-order valence-corrected chi connectivity index (χ2v) is 22.9. The second kappa shape index (κ2) is 49.7. The van der Waals surface area contributed by atoms with Gasteiger partial charge in [-0.3, -0.25) is 24.5 Å². The Balaban J connectivity index is 1.61. The lowest BCUT2D eigenvalue weighted by Gasteiger charge is -2.36. The molecule has 1 aromatic carbocycles. The number of hydrogen-bond donors (Lipinski definition) is 1. The number of nitrogens with one attached hydrogen (secondary N) is 1. The maximum Gasteiger partial charge on any atom is 0.329 e. The van der Waals surface area contributed by atoms with Gasteiger partial charge in [0.15, 0.2) is 6.10 Å². The van der Waals surface area contributed by atoms with E-state index in [1.165, 1.54) is 57.8 Å². The summed E-state index contributed by atoms with van der Waals surface area (Å²) in [6, 6.07) is 7.33. The summed E-state index contributed by atoms with van der Waals surface area (Å²) in [4.78, 5) is 71.0. The Hall–Kier alpha value is -5.55. The van der Waals surface area contributed by atoms with Crippen LogP contribution in [-0.2, 0) is 49.3 Å². The summed E-state index contributed by atoms with van der Waals surface area (Å²) in [6.45, 7) is 8.13. The zero-order chi connectivity index (χ0) is 60.3. The van der Waals surface area contributed by atoms with E-state index in [9.17, 15) is 24.0 Å². The van der Waals surface area contributed by atoms with Gasteiger partial charge in [0.25, 0.3) is 0 Å².